The maximum Gasteiger partial charge on any atom is 0.149 e. The predicted octanol–water partition coefficient (Wildman–Crippen LogP) is 1.38. The molecule has 2 rings (SSSR count). The van der Waals surface area contributed by atoms with Crippen molar-refractivity contribution in [2.75, 3.05) is 26.8 Å². The molecule has 0 aliphatic heterocycles. The molecule has 0 fully saturated rings. The van der Waals surface area contributed by atoms with Crippen LogP contribution in [0.4, 0.5) is 0 Å². The Labute approximate surface area is 110 Å². The van der Waals surface area contributed by atoms with Crippen molar-refractivity contribution in [2.45, 2.75) is 6.42 Å². The average Bonchev–Trinajstić information content (AvgIpc) is 2.88. The topological polar surface area (TPSA) is 59.9 Å². The Balaban J connectivity index is 1.83. The maximum absolute atomic E-state index is 4.96. The number of ether oxygens (including phenoxy) is 1. The van der Waals surface area contributed by atoms with Gasteiger partial charge in [0.25, 0.3) is 0 Å². The van der Waals surface area contributed by atoms with Crippen LogP contribution < -0.4 is 5.32 Å². The minimum atomic E-state index is 0.733. The van der Waals surface area contributed by atoms with E-state index in [0.717, 1.165) is 41.7 Å². The lowest BCUT2D eigenvalue weighted by atomic mass is 10.3. The van der Waals surface area contributed by atoms with Crippen molar-refractivity contribution >= 4 is 11.3 Å². The first-order valence-electron chi connectivity index (χ1n) is 5.82. The van der Waals surface area contributed by atoms with E-state index in [9.17, 15) is 0 Å². The standard InChI is InChI=1S/C12H16N4OS/c1-17-8-7-13-6-4-11-15-16-12(18-11)10-3-2-5-14-9-10/h2-3,5,9,13H,4,6-8H2,1H3. The normalized spacial score (nSPS) is 10.7. The van der Waals surface area contributed by atoms with Crippen LogP contribution in [0.15, 0.2) is 24.5 Å². The van der Waals surface area contributed by atoms with Crippen molar-refractivity contribution in [2.24, 2.45) is 0 Å². The van der Waals surface area contributed by atoms with E-state index >= 15 is 0 Å². The quantitative estimate of drug-likeness (QED) is 0.766. The number of aromatic nitrogens is 3. The molecule has 1 N–H and O–H groups in total. The first-order valence-corrected chi connectivity index (χ1v) is 6.64. The molecule has 18 heavy (non-hydrogen) atoms. The summed E-state index contributed by atoms with van der Waals surface area (Å²) in [5.41, 5.74) is 1.02. The highest BCUT2D eigenvalue weighted by Crippen LogP contribution is 2.22. The Morgan fingerprint density at radius 1 is 1.33 bits per heavy atom. The highest BCUT2D eigenvalue weighted by Gasteiger charge is 2.05. The zero-order chi connectivity index (χ0) is 12.6. The molecular weight excluding hydrogens is 248 g/mol. The molecule has 6 heteroatoms. The Bertz CT molecular complexity index is 460. The monoisotopic (exact) mass is 264 g/mol. The smallest absolute Gasteiger partial charge is 0.149 e. The maximum atomic E-state index is 4.96. The fourth-order valence-electron chi connectivity index (χ4n) is 1.46. The Hall–Kier alpha value is -1.37. The van der Waals surface area contributed by atoms with Gasteiger partial charge in [-0.3, -0.25) is 4.98 Å². The molecule has 0 aliphatic rings. The molecule has 0 spiro atoms. The van der Waals surface area contributed by atoms with Crippen LogP contribution in [0.2, 0.25) is 0 Å². The van der Waals surface area contributed by atoms with Crippen molar-refractivity contribution < 1.29 is 4.74 Å². The Morgan fingerprint density at radius 3 is 3.06 bits per heavy atom. The molecule has 2 aromatic heterocycles. The minimum Gasteiger partial charge on any atom is -0.383 e. The van der Waals surface area contributed by atoms with Gasteiger partial charge in [0.1, 0.15) is 10.0 Å². The number of hydrogen-bond acceptors (Lipinski definition) is 6. The third-order valence-corrected chi connectivity index (χ3v) is 3.41. The van der Waals surface area contributed by atoms with E-state index in [0.29, 0.717) is 0 Å². The van der Waals surface area contributed by atoms with Gasteiger partial charge in [0.05, 0.1) is 6.61 Å². The number of pyridine rings is 1. The molecule has 2 aromatic rings. The van der Waals surface area contributed by atoms with E-state index in [2.05, 4.69) is 20.5 Å². The lowest BCUT2D eigenvalue weighted by molar-refractivity contribution is 0.199. The van der Waals surface area contributed by atoms with Gasteiger partial charge in [-0.15, -0.1) is 10.2 Å². The van der Waals surface area contributed by atoms with Crippen LogP contribution in [-0.2, 0) is 11.2 Å². The minimum absolute atomic E-state index is 0.733. The molecule has 5 nitrogen and oxygen atoms in total. The molecule has 96 valence electrons. The number of nitrogens with one attached hydrogen (secondary N) is 1. The van der Waals surface area contributed by atoms with E-state index in [1.165, 1.54) is 0 Å². The molecule has 0 unspecified atom stereocenters. The zero-order valence-corrected chi connectivity index (χ0v) is 11.1. The number of nitrogens with zero attached hydrogens (tertiary/aromatic N) is 3. The lowest BCUT2D eigenvalue weighted by Crippen LogP contribution is -2.21. The van der Waals surface area contributed by atoms with E-state index in [-0.39, 0.29) is 0 Å². The van der Waals surface area contributed by atoms with Crippen LogP contribution >= 0.6 is 11.3 Å². The summed E-state index contributed by atoms with van der Waals surface area (Å²) in [6.07, 6.45) is 4.45. The fourth-order valence-corrected chi connectivity index (χ4v) is 2.28. The molecule has 0 amide bonds. The third-order valence-electron chi connectivity index (χ3n) is 2.37. The van der Waals surface area contributed by atoms with Crippen molar-refractivity contribution in [3.8, 4) is 10.6 Å². The van der Waals surface area contributed by atoms with Crippen molar-refractivity contribution in [1.29, 1.82) is 0 Å². The molecule has 0 radical (unpaired) electrons. The van der Waals surface area contributed by atoms with Gasteiger partial charge in [-0.25, -0.2) is 0 Å². The molecule has 2 heterocycles. The van der Waals surface area contributed by atoms with E-state index in [1.54, 1.807) is 30.8 Å². The average molecular weight is 264 g/mol. The number of hydrogen-bond donors (Lipinski definition) is 1. The van der Waals surface area contributed by atoms with Gasteiger partial charge in [0.2, 0.25) is 0 Å². The van der Waals surface area contributed by atoms with E-state index < -0.39 is 0 Å². The van der Waals surface area contributed by atoms with Gasteiger partial charge >= 0.3 is 0 Å². The molecule has 0 saturated heterocycles. The van der Waals surface area contributed by atoms with E-state index in [1.807, 2.05) is 12.1 Å². The summed E-state index contributed by atoms with van der Waals surface area (Å²) in [6.45, 7) is 2.49. The molecule has 0 saturated carbocycles. The fraction of sp³-hybridized carbons (Fsp3) is 0.417. The summed E-state index contributed by atoms with van der Waals surface area (Å²) in [5.74, 6) is 0. The molecule has 0 bridgehead atoms. The van der Waals surface area contributed by atoms with Crippen LogP contribution in [0, 0.1) is 0 Å². The molecule has 0 atom stereocenters. The molecule has 0 aromatic carbocycles. The van der Waals surface area contributed by atoms with Gasteiger partial charge < -0.3 is 10.1 Å². The van der Waals surface area contributed by atoms with Gasteiger partial charge in [0.15, 0.2) is 0 Å². The summed E-state index contributed by atoms with van der Waals surface area (Å²) in [6, 6.07) is 3.90. The zero-order valence-electron chi connectivity index (χ0n) is 10.3. The molecule has 0 aliphatic carbocycles. The Morgan fingerprint density at radius 2 is 2.28 bits per heavy atom. The second-order valence-electron chi connectivity index (χ2n) is 3.74. The Kier molecular flexibility index (Phi) is 5.19. The highest BCUT2D eigenvalue weighted by molar-refractivity contribution is 7.14. The highest BCUT2D eigenvalue weighted by atomic mass is 32.1. The first-order chi connectivity index (χ1) is 8.90. The first kappa shape index (κ1) is 13.1. The second kappa shape index (κ2) is 7.15. The number of rotatable bonds is 7. The van der Waals surface area contributed by atoms with Gasteiger partial charge in [-0.1, -0.05) is 11.3 Å². The van der Waals surface area contributed by atoms with Gasteiger partial charge in [0, 0.05) is 44.6 Å². The van der Waals surface area contributed by atoms with Crippen molar-refractivity contribution in [3.05, 3.63) is 29.5 Å². The van der Waals surface area contributed by atoms with Gasteiger partial charge in [-0.2, -0.15) is 0 Å². The SMILES string of the molecule is COCCNCCc1nnc(-c2cccnc2)s1. The van der Waals surface area contributed by atoms with Crippen molar-refractivity contribution in [1.82, 2.24) is 20.5 Å². The predicted molar refractivity (Wildman–Crippen MR) is 71.6 cm³/mol. The van der Waals surface area contributed by atoms with Gasteiger partial charge in [-0.05, 0) is 12.1 Å². The van der Waals surface area contributed by atoms with Crippen molar-refractivity contribution in [3.63, 3.8) is 0 Å². The summed E-state index contributed by atoms with van der Waals surface area (Å²) in [4.78, 5) is 4.08. The van der Waals surface area contributed by atoms with Crippen LogP contribution in [-0.4, -0.2) is 42.0 Å². The van der Waals surface area contributed by atoms with Crippen LogP contribution in [0.3, 0.4) is 0 Å². The summed E-state index contributed by atoms with van der Waals surface area (Å²) >= 11 is 1.62. The second-order valence-corrected chi connectivity index (χ2v) is 4.80. The van der Waals surface area contributed by atoms with Crippen LogP contribution in [0.5, 0.6) is 0 Å². The largest absolute Gasteiger partial charge is 0.383 e. The lowest BCUT2D eigenvalue weighted by Gasteiger charge is -2.00. The van der Waals surface area contributed by atoms with E-state index in [4.69, 9.17) is 4.74 Å². The molecular formula is C12H16N4OS. The summed E-state index contributed by atoms with van der Waals surface area (Å²) in [5, 5.41) is 13.6. The van der Waals surface area contributed by atoms with Crippen LogP contribution in [0.25, 0.3) is 10.6 Å². The van der Waals surface area contributed by atoms with Crippen LogP contribution in [0.1, 0.15) is 5.01 Å². The summed E-state index contributed by atoms with van der Waals surface area (Å²) in [7, 11) is 1.70. The number of methoxy groups -OCH3 is 1. The third kappa shape index (κ3) is 3.83. The summed E-state index contributed by atoms with van der Waals surface area (Å²) < 4.78 is 4.96.